The van der Waals surface area contributed by atoms with Gasteiger partial charge in [-0.25, -0.2) is 28.1 Å². The predicted octanol–water partition coefficient (Wildman–Crippen LogP) is 6.70. The number of morpholine rings is 1. The zero-order chi connectivity index (χ0) is 32.9. The number of rotatable bonds is 3. The third kappa shape index (κ3) is 8.73. The van der Waals surface area contributed by atoms with Gasteiger partial charge in [0.1, 0.15) is 29.0 Å². The van der Waals surface area contributed by atoms with E-state index in [1.54, 1.807) is 29.7 Å². The van der Waals surface area contributed by atoms with Crippen LogP contribution in [-0.4, -0.2) is 49.0 Å². The molecule has 236 valence electrons. The van der Waals surface area contributed by atoms with Crippen molar-refractivity contribution in [3.63, 3.8) is 0 Å². The fourth-order valence-electron chi connectivity index (χ4n) is 3.91. The first-order chi connectivity index (χ1) is 20.6. The van der Waals surface area contributed by atoms with Gasteiger partial charge >= 0.3 is 0 Å². The van der Waals surface area contributed by atoms with Crippen molar-refractivity contribution in [2.45, 2.75) is 61.0 Å². The molecule has 3 aromatic heterocycles. The summed E-state index contributed by atoms with van der Waals surface area (Å²) in [6, 6.07) is 1.15. The Morgan fingerprint density at radius 2 is 1.56 bits per heavy atom. The Bertz CT molecular complexity index is 1520. The van der Waals surface area contributed by atoms with Crippen LogP contribution in [-0.2, 0) is 18.8 Å². The second-order valence-corrected chi connectivity index (χ2v) is 8.80. The Labute approximate surface area is 252 Å². The highest BCUT2D eigenvalue weighted by atomic mass is 19.2. The maximum atomic E-state index is 14.8. The van der Waals surface area contributed by atoms with Crippen molar-refractivity contribution in [3.8, 4) is 11.3 Å². The predicted molar refractivity (Wildman–Crippen MR) is 167 cm³/mol. The molecule has 0 saturated carbocycles. The van der Waals surface area contributed by atoms with Gasteiger partial charge in [-0.2, -0.15) is 5.10 Å². The molecule has 5 rings (SSSR count). The van der Waals surface area contributed by atoms with Crippen LogP contribution in [0, 0.1) is 24.4 Å². The second kappa shape index (κ2) is 17.8. The minimum atomic E-state index is -1.33. The normalized spacial score (nSPS) is 13.8. The van der Waals surface area contributed by atoms with Gasteiger partial charge in [0, 0.05) is 44.0 Å². The van der Waals surface area contributed by atoms with Crippen LogP contribution in [0.4, 0.5) is 19.1 Å². The average Bonchev–Trinajstić information content (AvgIpc) is 3.47. The molecule has 0 bridgehead atoms. The fraction of sp³-hybridized carbons (Fsp3) is 0.452. The Morgan fingerprint density at radius 3 is 2.14 bits per heavy atom. The van der Waals surface area contributed by atoms with Crippen molar-refractivity contribution in [2.24, 2.45) is 14.1 Å². The molecule has 9 nitrogen and oxygen atoms in total. The number of fused-ring (bicyclic) bond motifs is 1. The van der Waals surface area contributed by atoms with Crippen LogP contribution >= 0.6 is 0 Å². The first kappa shape index (κ1) is 37.0. The first-order valence-corrected chi connectivity index (χ1v) is 14.4. The number of nitrogens with zero attached hydrogens (tertiary/aromatic N) is 7. The number of aryl methyl sites for hydroxylation is 2. The fourth-order valence-corrected chi connectivity index (χ4v) is 3.91. The highest BCUT2D eigenvalue weighted by molar-refractivity contribution is 5.89. The molecule has 0 unspecified atom stereocenters. The SMILES string of the molecule is C=C.CC.CC.CCC.Cc1nc2c(-c3cc(F)c(F)cc3F)nc(N3CCO[C@@H](c4cnn(C)c4)C3)nc2c(=O)n1C. The van der Waals surface area contributed by atoms with Gasteiger partial charge in [0.05, 0.1) is 19.3 Å². The smallest absolute Gasteiger partial charge is 0.279 e. The molecule has 1 atom stereocenters. The monoisotopic (exact) mass is 603 g/mol. The maximum Gasteiger partial charge on any atom is 0.279 e. The largest absolute Gasteiger partial charge is 0.370 e. The summed E-state index contributed by atoms with van der Waals surface area (Å²) in [7, 11) is 3.33. The van der Waals surface area contributed by atoms with Crippen LogP contribution in [0.1, 0.15) is 65.5 Å². The Morgan fingerprint density at radius 1 is 0.953 bits per heavy atom. The lowest BCUT2D eigenvalue weighted by atomic mass is 10.1. The van der Waals surface area contributed by atoms with Gasteiger partial charge < -0.3 is 9.64 Å². The molecule has 12 heteroatoms. The van der Waals surface area contributed by atoms with Crippen LogP contribution in [0.5, 0.6) is 0 Å². The summed E-state index contributed by atoms with van der Waals surface area (Å²) < 4.78 is 51.2. The molecule has 0 N–H and O–H groups in total. The molecule has 4 heterocycles. The highest BCUT2D eigenvalue weighted by Gasteiger charge is 2.27. The molecule has 4 aromatic rings. The Kier molecular flexibility index (Phi) is 15.3. The molecule has 0 radical (unpaired) electrons. The van der Waals surface area contributed by atoms with E-state index in [4.69, 9.17) is 4.74 Å². The molecule has 0 aliphatic carbocycles. The zero-order valence-electron chi connectivity index (χ0n) is 26.7. The minimum absolute atomic E-state index is 0.00586. The summed E-state index contributed by atoms with van der Waals surface area (Å²) >= 11 is 0. The van der Waals surface area contributed by atoms with E-state index in [-0.39, 0.29) is 34.3 Å². The summed E-state index contributed by atoms with van der Waals surface area (Å²) in [5, 5.41) is 4.17. The lowest BCUT2D eigenvalue weighted by Crippen LogP contribution is -2.39. The molecule has 43 heavy (non-hydrogen) atoms. The van der Waals surface area contributed by atoms with E-state index >= 15 is 0 Å². The third-order valence-electron chi connectivity index (χ3n) is 5.85. The van der Waals surface area contributed by atoms with Gasteiger partial charge in [-0.1, -0.05) is 48.0 Å². The van der Waals surface area contributed by atoms with E-state index in [2.05, 4.69) is 47.1 Å². The highest BCUT2D eigenvalue weighted by Crippen LogP contribution is 2.31. The maximum absolute atomic E-state index is 14.8. The van der Waals surface area contributed by atoms with Crippen LogP contribution in [0.15, 0.2) is 42.5 Å². The van der Waals surface area contributed by atoms with Crippen LogP contribution in [0.2, 0.25) is 0 Å². The quantitative estimate of drug-likeness (QED) is 0.190. The second-order valence-electron chi connectivity index (χ2n) is 8.80. The van der Waals surface area contributed by atoms with Crippen LogP contribution in [0.25, 0.3) is 22.3 Å². The van der Waals surface area contributed by atoms with E-state index in [0.29, 0.717) is 37.7 Å². The van der Waals surface area contributed by atoms with E-state index in [1.807, 2.05) is 33.9 Å². The Balaban J connectivity index is 0.000000934. The number of hydrogen-bond acceptors (Lipinski definition) is 7. The van der Waals surface area contributed by atoms with Gasteiger partial charge in [-0.15, -0.1) is 13.2 Å². The molecule has 1 aliphatic heterocycles. The van der Waals surface area contributed by atoms with Crippen molar-refractivity contribution in [3.05, 3.63) is 76.9 Å². The van der Waals surface area contributed by atoms with E-state index < -0.39 is 23.0 Å². The zero-order valence-corrected chi connectivity index (χ0v) is 26.7. The van der Waals surface area contributed by atoms with Crippen LogP contribution < -0.4 is 10.5 Å². The molecular formula is C31H44F3N7O2. The molecule has 0 amide bonds. The molecule has 1 saturated heterocycles. The number of anilines is 1. The van der Waals surface area contributed by atoms with Gasteiger partial charge in [0.15, 0.2) is 17.2 Å². The number of halogens is 3. The number of ether oxygens (including phenoxy) is 1. The molecule has 0 spiro atoms. The van der Waals surface area contributed by atoms with Crippen LogP contribution in [0.3, 0.4) is 0 Å². The van der Waals surface area contributed by atoms with Gasteiger partial charge in [-0.3, -0.25) is 14.0 Å². The van der Waals surface area contributed by atoms with Crippen molar-refractivity contribution in [1.29, 1.82) is 0 Å². The summed E-state index contributed by atoms with van der Waals surface area (Å²) in [6.45, 7) is 20.9. The third-order valence-corrected chi connectivity index (χ3v) is 5.85. The topological polar surface area (TPSA) is 91.0 Å². The Hall–Kier alpha value is -4.06. The summed E-state index contributed by atoms with van der Waals surface area (Å²) in [5.41, 5.74) is -0.0695. The lowest BCUT2D eigenvalue weighted by Gasteiger charge is -2.32. The summed E-state index contributed by atoms with van der Waals surface area (Å²) in [5.74, 6) is -3.13. The van der Waals surface area contributed by atoms with Crippen molar-refractivity contribution in [2.75, 3.05) is 24.6 Å². The molecule has 1 aliphatic rings. The van der Waals surface area contributed by atoms with Crippen molar-refractivity contribution >= 4 is 17.0 Å². The van der Waals surface area contributed by atoms with E-state index in [1.165, 1.54) is 18.0 Å². The standard InChI is InChI=1S/C22H20F3N7O2.C3H8.2C2H6.C2H4/c1-11-27-19-18(13-6-15(24)16(25)7-14(13)23)28-22(29-20(19)21(33)31(11)3)32-4-5-34-17(10-32)12-8-26-30(2)9-12;1-3-2;3*1-2/h6-9,17H,4-5,10H2,1-3H3;3H2,1-2H3;2*1-2H3;1-2H2/t17-;;;;/m1..../s1. The van der Waals surface area contributed by atoms with Crippen molar-refractivity contribution in [1.82, 2.24) is 29.3 Å². The molecule has 1 aromatic carbocycles. The van der Waals surface area contributed by atoms with E-state index in [9.17, 15) is 18.0 Å². The van der Waals surface area contributed by atoms with E-state index in [0.717, 1.165) is 5.56 Å². The summed E-state index contributed by atoms with van der Waals surface area (Å²) in [6.07, 6.45) is 4.45. The lowest BCUT2D eigenvalue weighted by molar-refractivity contribution is 0.0392. The summed E-state index contributed by atoms with van der Waals surface area (Å²) in [4.78, 5) is 28.1. The first-order valence-electron chi connectivity index (χ1n) is 14.4. The van der Waals surface area contributed by atoms with Crippen molar-refractivity contribution < 1.29 is 17.9 Å². The number of hydrogen-bond donors (Lipinski definition) is 0. The number of aromatic nitrogens is 6. The van der Waals surface area contributed by atoms with Gasteiger partial charge in [0.2, 0.25) is 5.95 Å². The molecule has 1 fully saturated rings. The van der Waals surface area contributed by atoms with Gasteiger partial charge in [-0.05, 0) is 13.0 Å². The molecular weight excluding hydrogens is 559 g/mol. The number of benzene rings is 1. The average molecular weight is 604 g/mol. The minimum Gasteiger partial charge on any atom is -0.370 e. The van der Waals surface area contributed by atoms with Gasteiger partial charge in [0.25, 0.3) is 5.56 Å².